The largest absolute Gasteiger partial charge is 0.492 e. The van der Waals surface area contributed by atoms with Crippen LogP contribution in [0.15, 0.2) is 59.0 Å². The van der Waals surface area contributed by atoms with Crippen LogP contribution in [0.25, 0.3) is 22.6 Å². The van der Waals surface area contributed by atoms with Crippen LogP contribution < -0.4 is 15.0 Å². The average molecular weight is 565 g/mol. The third-order valence-electron chi connectivity index (χ3n) is 9.21. The minimum absolute atomic E-state index is 0.0264. The summed E-state index contributed by atoms with van der Waals surface area (Å²) in [4.78, 5) is 16.2. The standard InChI is InChI=1S/C34H36N4O4/c1-21-16-25(32-37-36-22(2)42-32)8-9-28(21)23-4-6-24(7-5-23)33(39)38-27(10-15-40-3)17-26-18-31-29(19-30(26)38)34(20-41-31)11-13-35-14-12-34/h4-9,16,18-19,27,35H,10-15,17,20H2,1-3H3/t27-/m0/s1. The first-order valence-corrected chi connectivity index (χ1v) is 14.8. The number of aromatic nitrogens is 2. The number of piperidine rings is 1. The molecule has 3 aromatic carbocycles. The van der Waals surface area contributed by atoms with Gasteiger partial charge < -0.3 is 24.1 Å². The zero-order valence-corrected chi connectivity index (χ0v) is 24.4. The first kappa shape index (κ1) is 26.9. The van der Waals surface area contributed by atoms with Gasteiger partial charge in [-0.1, -0.05) is 18.2 Å². The Bertz CT molecular complexity index is 1640. The van der Waals surface area contributed by atoms with Gasteiger partial charge in [-0.2, -0.15) is 0 Å². The molecule has 8 nitrogen and oxygen atoms in total. The van der Waals surface area contributed by atoms with Crippen molar-refractivity contribution >= 4 is 11.6 Å². The van der Waals surface area contributed by atoms with Crippen LogP contribution in [0.5, 0.6) is 5.75 Å². The number of benzene rings is 3. The van der Waals surface area contributed by atoms with Crippen molar-refractivity contribution in [3.05, 3.63) is 82.7 Å². The highest BCUT2D eigenvalue weighted by Crippen LogP contribution is 2.49. The molecule has 0 unspecified atom stereocenters. The Morgan fingerprint density at radius 3 is 2.55 bits per heavy atom. The van der Waals surface area contributed by atoms with Crippen molar-refractivity contribution in [2.45, 2.75) is 51.0 Å². The van der Waals surface area contributed by atoms with Crippen LogP contribution in [0.4, 0.5) is 5.69 Å². The van der Waals surface area contributed by atoms with E-state index in [1.807, 2.05) is 35.2 Å². The number of aryl methyl sites for hydroxylation is 2. The van der Waals surface area contributed by atoms with E-state index in [0.717, 1.165) is 79.1 Å². The van der Waals surface area contributed by atoms with Gasteiger partial charge in [0.25, 0.3) is 5.91 Å². The number of carbonyl (C=O) groups excluding carboxylic acids is 1. The number of methoxy groups -OCH3 is 1. The van der Waals surface area contributed by atoms with E-state index in [1.54, 1.807) is 14.0 Å². The van der Waals surface area contributed by atoms with E-state index < -0.39 is 0 Å². The van der Waals surface area contributed by atoms with E-state index in [0.29, 0.717) is 24.0 Å². The maximum atomic E-state index is 14.2. The predicted octanol–water partition coefficient (Wildman–Crippen LogP) is 5.64. The van der Waals surface area contributed by atoms with Crippen LogP contribution in [0.1, 0.15) is 52.2 Å². The van der Waals surface area contributed by atoms with Gasteiger partial charge >= 0.3 is 0 Å². The third kappa shape index (κ3) is 4.59. The van der Waals surface area contributed by atoms with Gasteiger partial charge in [0.05, 0.1) is 6.61 Å². The molecule has 7 rings (SSSR count). The summed E-state index contributed by atoms with van der Waals surface area (Å²) < 4.78 is 17.3. The van der Waals surface area contributed by atoms with Crippen LogP contribution in [0.2, 0.25) is 0 Å². The number of nitrogens with zero attached hydrogens (tertiary/aromatic N) is 3. The molecular formula is C34H36N4O4. The number of hydrogen-bond acceptors (Lipinski definition) is 7. The van der Waals surface area contributed by atoms with E-state index in [4.69, 9.17) is 13.9 Å². The van der Waals surface area contributed by atoms with E-state index in [1.165, 1.54) is 11.1 Å². The van der Waals surface area contributed by atoms with Gasteiger partial charge in [-0.15, -0.1) is 10.2 Å². The first-order chi connectivity index (χ1) is 20.5. The lowest BCUT2D eigenvalue weighted by molar-refractivity contribution is 0.0972. The van der Waals surface area contributed by atoms with Crippen LogP contribution in [-0.2, 0) is 16.6 Å². The highest BCUT2D eigenvalue weighted by Gasteiger charge is 2.44. The summed E-state index contributed by atoms with van der Waals surface area (Å²) in [6.45, 7) is 7.16. The van der Waals surface area contributed by atoms with E-state index in [2.05, 4.69) is 46.7 Å². The summed E-state index contributed by atoms with van der Waals surface area (Å²) in [5.41, 5.74) is 8.31. The lowest BCUT2D eigenvalue weighted by atomic mass is 9.74. The van der Waals surface area contributed by atoms with Crippen LogP contribution in [-0.4, -0.2) is 55.6 Å². The molecular weight excluding hydrogens is 528 g/mol. The van der Waals surface area contributed by atoms with Crippen molar-refractivity contribution in [3.63, 3.8) is 0 Å². The second-order valence-corrected chi connectivity index (χ2v) is 11.8. The summed E-state index contributed by atoms with van der Waals surface area (Å²) >= 11 is 0. The van der Waals surface area contributed by atoms with Crippen molar-refractivity contribution in [1.82, 2.24) is 15.5 Å². The topological polar surface area (TPSA) is 89.7 Å². The summed E-state index contributed by atoms with van der Waals surface area (Å²) in [5.74, 6) is 2.08. The Hall–Kier alpha value is -4.01. The molecule has 1 N–H and O–H groups in total. The molecule has 1 saturated heterocycles. The molecule has 1 atom stereocenters. The van der Waals surface area contributed by atoms with Gasteiger partial charge in [-0.05, 0) is 104 Å². The molecule has 216 valence electrons. The van der Waals surface area contributed by atoms with Gasteiger partial charge in [0.2, 0.25) is 11.8 Å². The molecule has 0 saturated carbocycles. The van der Waals surface area contributed by atoms with Crippen molar-refractivity contribution in [3.8, 4) is 28.3 Å². The SMILES string of the molecule is COCC[C@H]1Cc2cc3c(cc2N1C(=O)c1ccc(-c2ccc(-c4nnc(C)o4)cc2C)cc1)C1(CCNCC1)CO3. The summed E-state index contributed by atoms with van der Waals surface area (Å²) in [5, 5.41) is 11.6. The Labute approximate surface area is 246 Å². The van der Waals surface area contributed by atoms with Crippen LogP contribution >= 0.6 is 0 Å². The number of anilines is 1. The monoisotopic (exact) mass is 564 g/mol. The van der Waals surface area contributed by atoms with Crippen LogP contribution in [0.3, 0.4) is 0 Å². The molecule has 3 aliphatic heterocycles. The van der Waals surface area contributed by atoms with Crippen molar-refractivity contribution in [2.24, 2.45) is 0 Å². The van der Waals surface area contributed by atoms with Gasteiger partial charge in [0.1, 0.15) is 5.75 Å². The second kappa shape index (κ2) is 10.7. The molecule has 8 heteroatoms. The molecule has 0 bridgehead atoms. The zero-order valence-electron chi connectivity index (χ0n) is 24.4. The fourth-order valence-electron chi connectivity index (χ4n) is 6.91. The van der Waals surface area contributed by atoms with E-state index >= 15 is 0 Å². The van der Waals surface area contributed by atoms with Crippen LogP contribution in [0, 0.1) is 13.8 Å². The Morgan fingerprint density at radius 1 is 1.05 bits per heavy atom. The normalized spacial score (nSPS) is 18.6. The molecule has 1 fully saturated rings. The Morgan fingerprint density at radius 2 is 1.83 bits per heavy atom. The van der Waals surface area contributed by atoms with Gasteiger partial charge in [0, 0.05) is 54.5 Å². The lowest BCUT2D eigenvalue weighted by Gasteiger charge is -2.33. The quantitative estimate of drug-likeness (QED) is 0.324. The van der Waals surface area contributed by atoms with Crippen molar-refractivity contribution in [2.75, 3.05) is 38.3 Å². The zero-order chi connectivity index (χ0) is 28.8. The number of hydrogen-bond donors (Lipinski definition) is 1. The highest BCUT2D eigenvalue weighted by molar-refractivity contribution is 6.08. The van der Waals surface area contributed by atoms with Crippen molar-refractivity contribution in [1.29, 1.82) is 0 Å². The Kier molecular flexibility index (Phi) is 6.83. The number of rotatable bonds is 6. The minimum Gasteiger partial charge on any atom is -0.492 e. The molecule has 1 aromatic heterocycles. The number of ether oxygens (including phenoxy) is 2. The second-order valence-electron chi connectivity index (χ2n) is 11.8. The predicted molar refractivity (Wildman–Crippen MR) is 161 cm³/mol. The smallest absolute Gasteiger partial charge is 0.258 e. The van der Waals surface area contributed by atoms with Gasteiger partial charge in [-0.3, -0.25) is 4.79 Å². The maximum Gasteiger partial charge on any atom is 0.258 e. The highest BCUT2D eigenvalue weighted by atomic mass is 16.5. The molecule has 0 radical (unpaired) electrons. The summed E-state index contributed by atoms with van der Waals surface area (Å²) in [6.07, 6.45) is 3.69. The number of fused-ring (bicyclic) bond motifs is 3. The molecule has 1 amide bonds. The number of nitrogens with one attached hydrogen (secondary N) is 1. The molecule has 1 spiro atoms. The van der Waals surface area contributed by atoms with Gasteiger partial charge in [-0.25, -0.2) is 0 Å². The molecule has 0 aliphatic carbocycles. The summed E-state index contributed by atoms with van der Waals surface area (Å²) in [7, 11) is 1.72. The fourth-order valence-corrected chi connectivity index (χ4v) is 6.91. The minimum atomic E-state index is 0.0264. The molecule has 4 heterocycles. The van der Waals surface area contributed by atoms with E-state index in [9.17, 15) is 4.79 Å². The number of carbonyl (C=O) groups is 1. The number of amides is 1. The molecule has 42 heavy (non-hydrogen) atoms. The maximum absolute atomic E-state index is 14.2. The average Bonchev–Trinajstić information content (AvgIpc) is 3.70. The third-order valence-corrected chi connectivity index (χ3v) is 9.21. The summed E-state index contributed by atoms with van der Waals surface area (Å²) in [6, 6.07) is 18.6. The fraction of sp³-hybridized carbons (Fsp3) is 0.382. The van der Waals surface area contributed by atoms with Crippen molar-refractivity contribution < 1.29 is 18.7 Å². The molecule has 3 aliphatic rings. The van der Waals surface area contributed by atoms with Gasteiger partial charge in [0.15, 0.2) is 0 Å². The lowest BCUT2D eigenvalue weighted by Crippen LogP contribution is -2.41. The first-order valence-electron chi connectivity index (χ1n) is 14.8. The Balaban J connectivity index is 1.18. The van der Waals surface area contributed by atoms with E-state index in [-0.39, 0.29) is 17.4 Å². The molecule has 4 aromatic rings.